The number of hydrogen-bond acceptors (Lipinski definition) is 10. The third-order valence-corrected chi connectivity index (χ3v) is 9.90. The predicted octanol–water partition coefficient (Wildman–Crippen LogP) is 8.39. The Hall–Kier alpha value is -1.56. The van der Waals surface area contributed by atoms with E-state index in [9.17, 15) is 30.0 Å². The lowest BCUT2D eigenvalue weighted by Gasteiger charge is -2.39. The van der Waals surface area contributed by atoms with Gasteiger partial charge in [-0.1, -0.05) is 148 Å². The highest BCUT2D eigenvalue weighted by atomic mass is 16.7. The Morgan fingerprint density at radius 2 is 1.02 bits per heavy atom. The van der Waals surface area contributed by atoms with Gasteiger partial charge in [0.05, 0.1) is 13.2 Å². The smallest absolute Gasteiger partial charge is 0.306 e. The lowest BCUT2D eigenvalue weighted by Crippen LogP contribution is -2.59. The summed E-state index contributed by atoms with van der Waals surface area (Å²) in [5.74, 6) is -0.818. The summed E-state index contributed by atoms with van der Waals surface area (Å²) in [4.78, 5) is 25.2. The number of carbonyl (C=O) groups is 2. The molecule has 0 spiro atoms. The van der Waals surface area contributed by atoms with Crippen molar-refractivity contribution >= 4 is 11.9 Å². The highest BCUT2D eigenvalue weighted by Crippen LogP contribution is 2.22. The molecule has 0 saturated carbocycles. The zero-order chi connectivity index (χ0) is 38.1. The average Bonchev–Trinajstić information content (AvgIpc) is 3.14. The molecule has 0 radical (unpaired) electrons. The van der Waals surface area contributed by atoms with Gasteiger partial charge in [0.25, 0.3) is 0 Å². The molecule has 0 aromatic carbocycles. The Kier molecular flexibility index (Phi) is 31.7. The molecule has 6 atom stereocenters. The molecule has 0 bridgehead atoms. The second kappa shape index (κ2) is 34.0. The summed E-state index contributed by atoms with van der Waals surface area (Å²) in [7, 11) is 0. The zero-order valence-electron chi connectivity index (χ0n) is 33.1. The topological polar surface area (TPSA) is 152 Å². The Balaban J connectivity index is 2.37. The quantitative estimate of drug-likeness (QED) is 0.0283. The molecule has 1 heterocycles. The molecular formula is C42H78O10. The second-order valence-corrected chi connectivity index (χ2v) is 14.8. The molecule has 1 saturated heterocycles. The molecule has 306 valence electrons. The van der Waals surface area contributed by atoms with E-state index in [1.165, 1.54) is 109 Å². The summed E-state index contributed by atoms with van der Waals surface area (Å²) in [5, 5.41) is 40.0. The number of ether oxygens (including phenoxy) is 4. The SMILES string of the molecule is CCCCCCCCCC/C=C/CCCCCC(=O)O[C@H](COC(=O)CCCCCCCCCCCCCC)CO[C@@H]1O[C@H](CO)[C@H](O)C(O)C1O. The van der Waals surface area contributed by atoms with Crippen LogP contribution in [0.15, 0.2) is 12.2 Å². The number of aliphatic hydroxyl groups is 4. The van der Waals surface area contributed by atoms with Gasteiger partial charge < -0.3 is 39.4 Å². The minimum atomic E-state index is -1.59. The standard InChI is InChI=1S/C42H78O10/c1-3-5-7-9-11-13-15-17-18-19-21-23-25-27-29-31-38(45)51-35(34-50-42-41(48)40(47)39(46)36(32-43)52-42)33-49-37(44)30-28-26-24-22-20-16-14-12-10-8-6-4-2/h19,21,35-36,39-43,46-48H,3-18,20,22-34H2,1-2H3/b21-19+/t35-,36-,39+,40?,41?,42-/m1/s1. The molecule has 0 amide bonds. The first-order chi connectivity index (χ1) is 25.3. The third kappa shape index (κ3) is 25.5. The van der Waals surface area contributed by atoms with Crippen LogP contribution in [0.4, 0.5) is 0 Å². The van der Waals surface area contributed by atoms with Gasteiger partial charge in [-0.3, -0.25) is 9.59 Å². The van der Waals surface area contributed by atoms with Crippen molar-refractivity contribution in [2.24, 2.45) is 0 Å². The fourth-order valence-electron chi connectivity index (χ4n) is 6.48. The van der Waals surface area contributed by atoms with Crippen LogP contribution in [-0.4, -0.2) is 89.0 Å². The molecule has 0 aromatic heterocycles. The fraction of sp³-hybridized carbons (Fsp3) is 0.905. The van der Waals surface area contributed by atoms with E-state index in [0.717, 1.165) is 44.9 Å². The number of allylic oxidation sites excluding steroid dienone is 2. The van der Waals surface area contributed by atoms with E-state index in [1.807, 2.05) is 0 Å². The van der Waals surface area contributed by atoms with Crippen molar-refractivity contribution in [2.75, 3.05) is 19.8 Å². The number of hydrogen-bond donors (Lipinski definition) is 4. The largest absolute Gasteiger partial charge is 0.462 e. The Morgan fingerprint density at radius 1 is 0.577 bits per heavy atom. The molecule has 1 aliphatic heterocycles. The summed E-state index contributed by atoms with van der Waals surface area (Å²) in [6.45, 7) is 3.40. The highest BCUT2D eigenvalue weighted by molar-refractivity contribution is 5.70. The van der Waals surface area contributed by atoms with Gasteiger partial charge in [0, 0.05) is 12.8 Å². The summed E-state index contributed by atoms with van der Waals surface area (Å²) in [6.07, 6.45) is 26.5. The molecule has 0 aromatic rings. The van der Waals surface area contributed by atoms with Crippen LogP contribution in [0.1, 0.15) is 187 Å². The Morgan fingerprint density at radius 3 is 1.52 bits per heavy atom. The molecule has 1 rings (SSSR count). The van der Waals surface area contributed by atoms with E-state index in [4.69, 9.17) is 18.9 Å². The number of unbranched alkanes of at least 4 members (excludes halogenated alkanes) is 22. The predicted molar refractivity (Wildman–Crippen MR) is 206 cm³/mol. The van der Waals surface area contributed by atoms with E-state index < -0.39 is 49.4 Å². The van der Waals surface area contributed by atoms with Crippen molar-refractivity contribution in [3.8, 4) is 0 Å². The van der Waals surface area contributed by atoms with Crippen LogP contribution in [0.25, 0.3) is 0 Å². The normalized spacial score (nSPS) is 21.1. The average molecular weight is 743 g/mol. The van der Waals surface area contributed by atoms with Crippen molar-refractivity contribution in [3.63, 3.8) is 0 Å². The van der Waals surface area contributed by atoms with Crippen LogP contribution in [-0.2, 0) is 28.5 Å². The lowest BCUT2D eigenvalue weighted by atomic mass is 9.99. The Bertz CT molecular complexity index is 866. The van der Waals surface area contributed by atoms with Crippen LogP contribution >= 0.6 is 0 Å². The van der Waals surface area contributed by atoms with Crippen LogP contribution in [0.3, 0.4) is 0 Å². The van der Waals surface area contributed by atoms with Gasteiger partial charge >= 0.3 is 11.9 Å². The fourth-order valence-corrected chi connectivity index (χ4v) is 6.48. The van der Waals surface area contributed by atoms with Gasteiger partial charge in [-0.2, -0.15) is 0 Å². The molecule has 4 N–H and O–H groups in total. The number of aliphatic hydroxyl groups excluding tert-OH is 4. The summed E-state index contributed by atoms with van der Waals surface area (Å²) >= 11 is 0. The van der Waals surface area contributed by atoms with E-state index in [1.54, 1.807) is 0 Å². The van der Waals surface area contributed by atoms with Gasteiger partial charge in [-0.15, -0.1) is 0 Å². The van der Waals surface area contributed by atoms with Gasteiger partial charge in [-0.25, -0.2) is 0 Å². The van der Waals surface area contributed by atoms with Crippen molar-refractivity contribution < 1.29 is 49.0 Å². The highest BCUT2D eigenvalue weighted by Gasteiger charge is 2.44. The maximum atomic E-state index is 12.7. The van der Waals surface area contributed by atoms with E-state index >= 15 is 0 Å². The molecule has 1 aliphatic rings. The molecule has 10 heteroatoms. The maximum Gasteiger partial charge on any atom is 0.306 e. The summed E-state index contributed by atoms with van der Waals surface area (Å²) in [5.41, 5.74) is 0. The number of esters is 2. The molecule has 2 unspecified atom stereocenters. The first-order valence-corrected chi connectivity index (χ1v) is 21.3. The minimum absolute atomic E-state index is 0.214. The summed E-state index contributed by atoms with van der Waals surface area (Å²) in [6, 6.07) is 0. The molecule has 0 aliphatic carbocycles. The van der Waals surface area contributed by atoms with Crippen LogP contribution in [0.5, 0.6) is 0 Å². The monoisotopic (exact) mass is 743 g/mol. The van der Waals surface area contributed by atoms with Gasteiger partial charge in [0.15, 0.2) is 12.4 Å². The van der Waals surface area contributed by atoms with Crippen LogP contribution < -0.4 is 0 Å². The van der Waals surface area contributed by atoms with Gasteiger partial charge in [0.2, 0.25) is 0 Å². The number of rotatable bonds is 35. The van der Waals surface area contributed by atoms with Crippen LogP contribution in [0, 0.1) is 0 Å². The minimum Gasteiger partial charge on any atom is -0.462 e. The third-order valence-electron chi connectivity index (χ3n) is 9.90. The first kappa shape index (κ1) is 48.5. The number of carbonyl (C=O) groups excluding carboxylic acids is 2. The maximum absolute atomic E-state index is 12.7. The van der Waals surface area contributed by atoms with E-state index in [0.29, 0.717) is 6.42 Å². The molecule has 52 heavy (non-hydrogen) atoms. The van der Waals surface area contributed by atoms with Crippen molar-refractivity contribution in [1.82, 2.24) is 0 Å². The van der Waals surface area contributed by atoms with E-state index in [-0.39, 0.29) is 32.0 Å². The molecule has 10 nitrogen and oxygen atoms in total. The van der Waals surface area contributed by atoms with Gasteiger partial charge in [-0.05, 0) is 38.5 Å². The van der Waals surface area contributed by atoms with Crippen molar-refractivity contribution in [1.29, 1.82) is 0 Å². The van der Waals surface area contributed by atoms with Gasteiger partial charge in [0.1, 0.15) is 31.0 Å². The summed E-state index contributed by atoms with van der Waals surface area (Å²) < 4.78 is 22.1. The van der Waals surface area contributed by atoms with Crippen molar-refractivity contribution in [2.45, 2.75) is 224 Å². The molecule has 1 fully saturated rings. The second-order valence-electron chi connectivity index (χ2n) is 14.8. The van der Waals surface area contributed by atoms with Crippen LogP contribution in [0.2, 0.25) is 0 Å². The molecular weight excluding hydrogens is 664 g/mol. The first-order valence-electron chi connectivity index (χ1n) is 21.3. The zero-order valence-corrected chi connectivity index (χ0v) is 33.1. The van der Waals surface area contributed by atoms with Crippen molar-refractivity contribution in [3.05, 3.63) is 12.2 Å². The Labute approximate surface area is 316 Å². The van der Waals surface area contributed by atoms with E-state index in [2.05, 4.69) is 26.0 Å². The lowest BCUT2D eigenvalue weighted by molar-refractivity contribution is -0.305.